The fourth-order valence-electron chi connectivity index (χ4n) is 3.28. The summed E-state index contributed by atoms with van der Waals surface area (Å²) in [5.74, 6) is -0.257. The average molecular weight is 399 g/mol. The van der Waals surface area contributed by atoms with E-state index in [0.717, 1.165) is 53.5 Å². The monoisotopic (exact) mass is 399 g/mol. The zero-order chi connectivity index (χ0) is 21.1. The van der Waals surface area contributed by atoms with Gasteiger partial charge in [0.2, 0.25) is 0 Å². The van der Waals surface area contributed by atoms with Gasteiger partial charge >= 0.3 is 5.97 Å². The topological polar surface area (TPSA) is 134 Å². The largest absolute Gasteiger partial charge is 0.496 e. The smallest absolute Gasteiger partial charge is 0.366 e. The highest BCUT2D eigenvalue weighted by Gasteiger charge is 2.23. The Morgan fingerprint density at radius 1 is 1.07 bits per heavy atom. The third-order valence-corrected chi connectivity index (χ3v) is 4.72. The molecule has 0 amide bonds. The summed E-state index contributed by atoms with van der Waals surface area (Å²) in [7, 11) is 1.59. The van der Waals surface area contributed by atoms with Crippen molar-refractivity contribution in [3.8, 4) is 5.75 Å². The van der Waals surface area contributed by atoms with Gasteiger partial charge in [-0.3, -0.25) is 20.2 Å². The highest BCUT2D eigenvalue weighted by Crippen LogP contribution is 2.31. The number of non-ortho nitro benzene ring substituents is 2. The van der Waals surface area contributed by atoms with Crippen LogP contribution in [-0.4, -0.2) is 28.6 Å². The first-order valence-corrected chi connectivity index (χ1v) is 8.70. The first-order valence-electron chi connectivity index (χ1n) is 8.70. The summed E-state index contributed by atoms with van der Waals surface area (Å²) >= 11 is 0. The highest BCUT2D eigenvalue weighted by atomic mass is 16.7. The van der Waals surface area contributed by atoms with Crippen molar-refractivity contribution in [3.63, 3.8) is 0 Å². The van der Waals surface area contributed by atoms with Gasteiger partial charge in [-0.05, 0) is 49.4 Å². The Kier molecular flexibility index (Phi) is 5.53. The number of hydrogen-bond donors (Lipinski definition) is 0. The molecule has 2 aromatic rings. The highest BCUT2D eigenvalue weighted by molar-refractivity contribution is 6.03. The second kappa shape index (κ2) is 8.05. The molecular formula is C19H17N3O7. The number of nitrogens with zero attached hydrogens (tertiary/aromatic N) is 3. The average Bonchev–Trinajstić information content (AvgIpc) is 2.72. The number of benzene rings is 2. The predicted molar refractivity (Wildman–Crippen MR) is 102 cm³/mol. The maximum atomic E-state index is 12.3. The van der Waals surface area contributed by atoms with Crippen LogP contribution in [0.2, 0.25) is 0 Å². The first-order chi connectivity index (χ1) is 13.8. The van der Waals surface area contributed by atoms with E-state index in [9.17, 15) is 25.0 Å². The second-order valence-corrected chi connectivity index (χ2v) is 6.44. The van der Waals surface area contributed by atoms with E-state index in [4.69, 9.17) is 9.57 Å². The number of nitro groups is 2. The molecule has 3 rings (SSSR count). The van der Waals surface area contributed by atoms with Crippen LogP contribution in [0.3, 0.4) is 0 Å². The lowest BCUT2D eigenvalue weighted by Crippen LogP contribution is -2.15. The molecule has 0 N–H and O–H groups in total. The molecule has 0 fully saturated rings. The third-order valence-electron chi connectivity index (χ3n) is 4.72. The number of nitro benzene ring substituents is 2. The predicted octanol–water partition coefficient (Wildman–Crippen LogP) is 3.72. The molecule has 0 aliphatic heterocycles. The van der Waals surface area contributed by atoms with Crippen LogP contribution in [0.5, 0.6) is 5.75 Å². The van der Waals surface area contributed by atoms with Crippen LogP contribution in [0.4, 0.5) is 11.4 Å². The number of carbonyl (C=O) groups is 1. The van der Waals surface area contributed by atoms with E-state index in [2.05, 4.69) is 5.16 Å². The number of hydrogen-bond acceptors (Lipinski definition) is 8. The minimum atomic E-state index is -1.01. The SMILES string of the molecule is COc1ccc2c(c1C)CCC/C2=N\OC(=O)c1cc([N+](=O)[O-])cc([N+](=O)[O-])c1. The molecule has 0 bridgehead atoms. The van der Waals surface area contributed by atoms with Crippen LogP contribution in [0, 0.1) is 27.2 Å². The molecule has 0 saturated heterocycles. The third kappa shape index (κ3) is 4.05. The Morgan fingerprint density at radius 2 is 1.72 bits per heavy atom. The van der Waals surface area contributed by atoms with E-state index < -0.39 is 27.2 Å². The summed E-state index contributed by atoms with van der Waals surface area (Å²) in [5.41, 5.74) is 1.96. The van der Waals surface area contributed by atoms with Crippen LogP contribution in [0.25, 0.3) is 0 Å². The summed E-state index contributed by atoms with van der Waals surface area (Å²) in [4.78, 5) is 37.6. The number of ether oxygens (including phenoxy) is 1. The van der Waals surface area contributed by atoms with Gasteiger partial charge in [-0.2, -0.15) is 0 Å². The lowest BCUT2D eigenvalue weighted by molar-refractivity contribution is -0.394. The number of carbonyl (C=O) groups excluding carboxylic acids is 1. The van der Waals surface area contributed by atoms with Crippen molar-refractivity contribution in [1.29, 1.82) is 0 Å². The van der Waals surface area contributed by atoms with Crippen LogP contribution >= 0.6 is 0 Å². The van der Waals surface area contributed by atoms with Crippen LogP contribution in [0.1, 0.15) is 39.9 Å². The number of fused-ring (bicyclic) bond motifs is 1. The van der Waals surface area contributed by atoms with Crippen LogP contribution in [0.15, 0.2) is 35.5 Å². The molecule has 2 aromatic carbocycles. The van der Waals surface area contributed by atoms with Crippen molar-refractivity contribution in [2.24, 2.45) is 5.16 Å². The molecule has 10 nitrogen and oxygen atoms in total. The molecule has 29 heavy (non-hydrogen) atoms. The Balaban J connectivity index is 1.90. The van der Waals surface area contributed by atoms with Crippen LogP contribution in [-0.2, 0) is 11.3 Å². The van der Waals surface area contributed by atoms with E-state index in [-0.39, 0.29) is 5.56 Å². The Morgan fingerprint density at radius 3 is 2.31 bits per heavy atom. The molecule has 0 heterocycles. The van der Waals surface area contributed by atoms with E-state index in [1.165, 1.54) is 0 Å². The van der Waals surface area contributed by atoms with Crippen molar-refractivity contribution in [2.75, 3.05) is 7.11 Å². The van der Waals surface area contributed by atoms with Crippen LogP contribution < -0.4 is 4.74 Å². The minimum absolute atomic E-state index is 0.322. The molecule has 0 atom stereocenters. The number of methoxy groups -OCH3 is 1. The second-order valence-electron chi connectivity index (χ2n) is 6.44. The lowest BCUT2D eigenvalue weighted by Gasteiger charge is -2.20. The molecule has 0 spiro atoms. The lowest BCUT2D eigenvalue weighted by atomic mass is 9.87. The van der Waals surface area contributed by atoms with Gasteiger partial charge in [0.1, 0.15) is 5.75 Å². The molecule has 150 valence electrons. The minimum Gasteiger partial charge on any atom is -0.496 e. The van der Waals surface area contributed by atoms with Gasteiger partial charge in [-0.25, -0.2) is 4.79 Å². The summed E-state index contributed by atoms with van der Waals surface area (Å²) in [5, 5.41) is 25.9. The maximum absolute atomic E-state index is 12.3. The van der Waals surface area contributed by atoms with Gasteiger partial charge in [0, 0.05) is 17.7 Å². The first kappa shape index (κ1) is 19.9. The fourth-order valence-corrected chi connectivity index (χ4v) is 3.28. The van der Waals surface area contributed by atoms with Crippen molar-refractivity contribution < 1.29 is 24.2 Å². The van der Waals surface area contributed by atoms with Gasteiger partial charge in [0.15, 0.2) is 0 Å². The van der Waals surface area contributed by atoms with Gasteiger partial charge in [0.05, 0.1) is 34.3 Å². The summed E-state index contributed by atoms with van der Waals surface area (Å²) in [6.45, 7) is 1.94. The summed E-state index contributed by atoms with van der Waals surface area (Å²) in [6, 6.07) is 6.25. The molecule has 1 aliphatic rings. The summed E-state index contributed by atoms with van der Waals surface area (Å²) in [6.07, 6.45) is 2.23. The van der Waals surface area contributed by atoms with E-state index in [1.54, 1.807) is 13.2 Å². The molecule has 0 radical (unpaired) electrons. The molecule has 10 heteroatoms. The van der Waals surface area contributed by atoms with Gasteiger partial charge in [-0.15, -0.1) is 0 Å². The van der Waals surface area contributed by atoms with Crippen molar-refractivity contribution in [3.05, 3.63) is 72.8 Å². The summed E-state index contributed by atoms with van der Waals surface area (Å²) < 4.78 is 5.33. The van der Waals surface area contributed by atoms with E-state index >= 15 is 0 Å². The Labute approximate surface area is 165 Å². The van der Waals surface area contributed by atoms with Crippen molar-refractivity contribution >= 4 is 23.1 Å². The van der Waals surface area contributed by atoms with Crippen molar-refractivity contribution in [2.45, 2.75) is 26.2 Å². The number of oxime groups is 1. The molecule has 0 unspecified atom stereocenters. The normalized spacial score (nSPS) is 14.2. The molecule has 1 aliphatic carbocycles. The van der Waals surface area contributed by atoms with Gasteiger partial charge in [0.25, 0.3) is 11.4 Å². The van der Waals surface area contributed by atoms with E-state index in [1.807, 2.05) is 13.0 Å². The Hall–Kier alpha value is -3.82. The Bertz CT molecular complexity index is 1010. The van der Waals surface area contributed by atoms with E-state index in [0.29, 0.717) is 12.1 Å². The molecular weight excluding hydrogens is 382 g/mol. The number of rotatable bonds is 5. The van der Waals surface area contributed by atoms with Gasteiger partial charge in [-0.1, -0.05) is 5.16 Å². The zero-order valence-corrected chi connectivity index (χ0v) is 15.7. The zero-order valence-electron chi connectivity index (χ0n) is 15.7. The molecule has 0 aromatic heterocycles. The quantitative estimate of drug-likeness (QED) is 0.425. The molecule has 0 saturated carbocycles. The van der Waals surface area contributed by atoms with Crippen molar-refractivity contribution in [1.82, 2.24) is 0 Å². The van der Waals surface area contributed by atoms with Gasteiger partial charge < -0.3 is 9.57 Å². The maximum Gasteiger partial charge on any atom is 0.366 e. The fraction of sp³-hybridized carbons (Fsp3) is 0.263. The standard InChI is InChI=1S/C19H17N3O7/c1-11-15-4-3-5-17(16(15)6-7-18(11)28-2)20-29-19(23)12-8-13(21(24)25)10-14(9-12)22(26)27/h6-10H,3-5H2,1-2H3/b20-17+.